The van der Waals surface area contributed by atoms with Gasteiger partial charge in [-0.15, -0.1) is 0 Å². The first-order chi connectivity index (χ1) is 17.2. The summed E-state index contributed by atoms with van der Waals surface area (Å²) < 4.78 is 0. The summed E-state index contributed by atoms with van der Waals surface area (Å²) in [5, 5.41) is 5.94. The molecule has 0 atom stereocenters. The third-order valence-electron chi connectivity index (χ3n) is 7.91. The van der Waals surface area contributed by atoms with Gasteiger partial charge in [0.25, 0.3) is 0 Å². The van der Waals surface area contributed by atoms with Gasteiger partial charge in [-0.05, 0) is 53.5 Å². The zero-order valence-electron chi connectivity index (χ0n) is 20.4. The van der Waals surface area contributed by atoms with E-state index in [1.54, 1.807) is 0 Å². The van der Waals surface area contributed by atoms with Crippen molar-refractivity contribution in [2.75, 3.05) is 26.2 Å². The fraction of sp³-hybridized carbons (Fsp3) is 0.400. The maximum absolute atomic E-state index is 12.9. The Morgan fingerprint density at radius 1 is 0.886 bits per heavy atom. The number of nitrogens with one attached hydrogen (secondary N) is 2. The summed E-state index contributed by atoms with van der Waals surface area (Å²) in [6.07, 6.45) is 11.8. The molecule has 0 bridgehead atoms. The summed E-state index contributed by atoms with van der Waals surface area (Å²) in [5.41, 5.74) is 7.40. The minimum absolute atomic E-state index is 0.0247. The second-order valence-electron chi connectivity index (χ2n) is 9.99. The number of nitrogens with zero attached hydrogens (tertiary/aromatic N) is 1. The van der Waals surface area contributed by atoms with Crippen LogP contribution in [0.25, 0.3) is 17.7 Å². The molecule has 5 heteroatoms. The largest absolute Gasteiger partial charge is 0.353 e. The summed E-state index contributed by atoms with van der Waals surface area (Å²) in [5.74, 6) is -0.0247. The number of benzene rings is 2. The van der Waals surface area contributed by atoms with Crippen LogP contribution in [0, 0.1) is 0 Å². The van der Waals surface area contributed by atoms with Crippen LogP contribution in [0.2, 0.25) is 0 Å². The first kappa shape index (κ1) is 23.6. The van der Waals surface area contributed by atoms with Gasteiger partial charge in [0, 0.05) is 26.2 Å². The monoisotopic (exact) mass is 469 g/mol. The summed E-state index contributed by atoms with van der Waals surface area (Å²) in [4.78, 5) is 26.5. The molecule has 2 aliphatic carbocycles. The molecule has 5 nitrogen and oxygen atoms in total. The van der Waals surface area contributed by atoms with Crippen molar-refractivity contribution >= 4 is 30.0 Å². The predicted molar refractivity (Wildman–Crippen MR) is 142 cm³/mol. The highest BCUT2D eigenvalue weighted by Gasteiger charge is 2.38. The molecule has 2 aromatic rings. The maximum Gasteiger partial charge on any atom is 0.245 e. The van der Waals surface area contributed by atoms with E-state index in [-0.39, 0.29) is 5.91 Å². The first-order valence-electron chi connectivity index (χ1n) is 13.0. The number of rotatable bonds is 6. The average molecular weight is 470 g/mol. The highest BCUT2D eigenvalue weighted by Crippen LogP contribution is 2.38. The van der Waals surface area contributed by atoms with E-state index in [1.165, 1.54) is 33.4 Å². The van der Waals surface area contributed by atoms with Gasteiger partial charge >= 0.3 is 0 Å². The van der Waals surface area contributed by atoms with Crippen molar-refractivity contribution in [1.82, 2.24) is 15.5 Å². The van der Waals surface area contributed by atoms with Gasteiger partial charge in [-0.1, -0.05) is 85.5 Å². The topological polar surface area (TPSA) is 61.4 Å². The van der Waals surface area contributed by atoms with E-state index in [1.807, 2.05) is 0 Å². The molecule has 3 aliphatic rings. The van der Waals surface area contributed by atoms with Crippen LogP contribution < -0.4 is 10.6 Å². The van der Waals surface area contributed by atoms with E-state index in [4.69, 9.17) is 0 Å². The molecule has 0 radical (unpaired) electrons. The second kappa shape index (κ2) is 10.6. The molecule has 5 rings (SSSR count). The third kappa shape index (κ3) is 4.96. The standard InChI is InChI=1S/C30H35N3O2/c34-22-32-30(16-6-1-7-17-30)29(35)31-18-21-33-19-14-25(15-20-33)28-26-10-4-2-8-23(26)12-13-24-9-3-5-11-27(24)28/h2-5,8-13,22H,1,6-7,14-21H2,(H,31,35)(H,32,34). The number of amides is 2. The molecule has 1 saturated carbocycles. The lowest BCUT2D eigenvalue weighted by molar-refractivity contribution is -0.131. The Balaban J connectivity index is 1.25. The molecule has 0 spiro atoms. The summed E-state index contributed by atoms with van der Waals surface area (Å²) >= 11 is 0. The molecule has 0 unspecified atom stereocenters. The Kier molecular flexibility index (Phi) is 7.14. The van der Waals surface area contributed by atoms with Gasteiger partial charge in [0.2, 0.25) is 12.3 Å². The normalized spacial score (nSPS) is 19.3. The van der Waals surface area contributed by atoms with Crippen LogP contribution in [0.3, 0.4) is 0 Å². The summed E-state index contributed by atoms with van der Waals surface area (Å²) in [7, 11) is 0. The highest BCUT2D eigenvalue weighted by molar-refractivity contribution is 5.95. The minimum atomic E-state index is -0.714. The number of hydrogen-bond donors (Lipinski definition) is 2. The first-order valence-corrected chi connectivity index (χ1v) is 13.0. The Morgan fingerprint density at radius 3 is 2.09 bits per heavy atom. The molecule has 1 aliphatic heterocycles. The highest BCUT2D eigenvalue weighted by atomic mass is 16.2. The average Bonchev–Trinajstić information content (AvgIpc) is 3.07. The number of fused-ring (bicyclic) bond motifs is 2. The molecule has 1 heterocycles. The van der Waals surface area contributed by atoms with Crippen molar-refractivity contribution < 1.29 is 9.59 Å². The second-order valence-corrected chi connectivity index (χ2v) is 9.99. The zero-order valence-corrected chi connectivity index (χ0v) is 20.4. The van der Waals surface area contributed by atoms with Crippen LogP contribution in [0.15, 0.2) is 54.1 Å². The van der Waals surface area contributed by atoms with Crippen LogP contribution in [0.4, 0.5) is 0 Å². The Labute approximate surface area is 208 Å². The molecule has 0 aromatic heterocycles. The van der Waals surface area contributed by atoms with E-state index in [9.17, 15) is 9.59 Å². The van der Waals surface area contributed by atoms with Gasteiger partial charge in [-0.3, -0.25) is 9.59 Å². The van der Waals surface area contributed by atoms with E-state index in [0.29, 0.717) is 13.0 Å². The number of carbonyl (C=O) groups excluding carboxylic acids is 2. The number of hydrogen-bond acceptors (Lipinski definition) is 3. The number of likely N-dealkylation sites (tertiary alicyclic amines) is 1. The third-order valence-corrected chi connectivity index (χ3v) is 7.91. The van der Waals surface area contributed by atoms with E-state index in [2.05, 4.69) is 76.2 Å². The SMILES string of the molecule is O=CNC1(C(=O)NCCN2CCC(=C3c4ccccc4C=Cc4ccccc43)CC2)CCCCC1. The van der Waals surface area contributed by atoms with Gasteiger partial charge in [-0.25, -0.2) is 0 Å². The van der Waals surface area contributed by atoms with E-state index >= 15 is 0 Å². The van der Waals surface area contributed by atoms with Gasteiger partial charge < -0.3 is 15.5 Å². The predicted octanol–water partition coefficient (Wildman–Crippen LogP) is 4.63. The van der Waals surface area contributed by atoms with Crippen LogP contribution in [-0.4, -0.2) is 48.9 Å². The lowest BCUT2D eigenvalue weighted by Crippen LogP contribution is -2.58. The summed E-state index contributed by atoms with van der Waals surface area (Å²) in [6.45, 7) is 3.43. The lowest BCUT2D eigenvalue weighted by atomic mass is 9.81. The smallest absolute Gasteiger partial charge is 0.245 e. The number of carbonyl (C=O) groups is 2. The van der Waals surface area contributed by atoms with Crippen molar-refractivity contribution in [2.24, 2.45) is 0 Å². The van der Waals surface area contributed by atoms with Gasteiger partial charge in [-0.2, -0.15) is 0 Å². The molecule has 182 valence electrons. The fourth-order valence-corrected chi connectivity index (χ4v) is 5.94. The Hall–Kier alpha value is -3.18. The maximum atomic E-state index is 12.9. The minimum Gasteiger partial charge on any atom is -0.353 e. The molecule has 2 aromatic carbocycles. The van der Waals surface area contributed by atoms with Gasteiger partial charge in [0.1, 0.15) is 5.54 Å². The summed E-state index contributed by atoms with van der Waals surface area (Å²) in [6, 6.07) is 17.4. The molecule has 1 saturated heterocycles. The Morgan fingerprint density at radius 2 is 1.49 bits per heavy atom. The van der Waals surface area contributed by atoms with Crippen molar-refractivity contribution in [3.8, 4) is 0 Å². The van der Waals surface area contributed by atoms with Crippen molar-refractivity contribution in [1.29, 1.82) is 0 Å². The van der Waals surface area contributed by atoms with Crippen molar-refractivity contribution in [2.45, 2.75) is 50.5 Å². The van der Waals surface area contributed by atoms with Crippen LogP contribution >= 0.6 is 0 Å². The van der Waals surface area contributed by atoms with Crippen LogP contribution in [0.5, 0.6) is 0 Å². The zero-order chi connectivity index (χ0) is 24.1. The van der Waals surface area contributed by atoms with E-state index < -0.39 is 5.54 Å². The van der Waals surface area contributed by atoms with Gasteiger partial charge in [0.15, 0.2) is 0 Å². The quantitative estimate of drug-likeness (QED) is 0.518. The molecule has 35 heavy (non-hydrogen) atoms. The Bertz CT molecular complexity index is 1080. The number of piperidine rings is 1. The van der Waals surface area contributed by atoms with Crippen LogP contribution in [-0.2, 0) is 9.59 Å². The lowest BCUT2D eigenvalue weighted by Gasteiger charge is -2.36. The molecule has 2 N–H and O–H groups in total. The molecule has 2 amide bonds. The molecule has 2 fully saturated rings. The van der Waals surface area contributed by atoms with E-state index in [0.717, 1.165) is 64.6 Å². The van der Waals surface area contributed by atoms with Crippen molar-refractivity contribution in [3.63, 3.8) is 0 Å². The fourth-order valence-electron chi connectivity index (χ4n) is 5.94. The van der Waals surface area contributed by atoms with Crippen LogP contribution in [0.1, 0.15) is 67.2 Å². The van der Waals surface area contributed by atoms with Crippen molar-refractivity contribution in [3.05, 3.63) is 76.4 Å². The molecular weight excluding hydrogens is 434 g/mol. The van der Waals surface area contributed by atoms with Gasteiger partial charge in [0.05, 0.1) is 0 Å². The molecular formula is C30H35N3O2.